The van der Waals surface area contributed by atoms with Crippen molar-refractivity contribution < 1.29 is 32.1 Å². The third-order valence-electron chi connectivity index (χ3n) is 8.59. The molecule has 0 spiro atoms. The number of halogens is 3. The lowest BCUT2D eigenvalue weighted by Gasteiger charge is -2.42. The van der Waals surface area contributed by atoms with Gasteiger partial charge in [0.1, 0.15) is 10.6 Å². The summed E-state index contributed by atoms with van der Waals surface area (Å²) in [6, 6.07) is 7.74. The Balaban J connectivity index is 1.33. The number of imide groups is 1. The van der Waals surface area contributed by atoms with Crippen LogP contribution in [0.3, 0.4) is 0 Å². The van der Waals surface area contributed by atoms with Crippen LogP contribution in [0.2, 0.25) is 0 Å². The number of amides is 3. The number of piperidine rings is 1. The number of hydrogen-bond acceptors (Lipinski definition) is 5. The zero-order valence-corrected chi connectivity index (χ0v) is 24.8. The van der Waals surface area contributed by atoms with Crippen LogP contribution in [0.4, 0.5) is 13.2 Å². The second-order valence-electron chi connectivity index (χ2n) is 12.6. The molecule has 0 radical (unpaired) electrons. The van der Waals surface area contributed by atoms with Gasteiger partial charge in [0.2, 0.25) is 11.8 Å². The Bertz CT molecular complexity index is 1350. The van der Waals surface area contributed by atoms with Crippen LogP contribution in [-0.4, -0.2) is 54.9 Å². The van der Waals surface area contributed by atoms with Crippen molar-refractivity contribution in [2.24, 2.45) is 5.92 Å². The molecule has 3 aliphatic rings. The van der Waals surface area contributed by atoms with E-state index in [1.165, 1.54) is 4.90 Å². The van der Waals surface area contributed by atoms with Crippen LogP contribution >= 0.6 is 0 Å². The van der Waals surface area contributed by atoms with E-state index >= 15 is 0 Å². The third-order valence-corrected chi connectivity index (χ3v) is 10.2. The fraction of sp³-hybridized carbons (Fsp3) is 0.516. The third kappa shape index (κ3) is 6.38. The number of hydrogen-bond donors (Lipinski definition) is 1. The molecule has 0 aliphatic carbocycles. The highest BCUT2D eigenvalue weighted by Gasteiger charge is 2.46. The molecule has 5 rings (SSSR count). The van der Waals surface area contributed by atoms with Crippen LogP contribution in [0.5, 0.6) is 0 Å². The molecule has 1 N–H and O–H groups in total. The number of nitrogens with zero attached hydrogens (tertiary/aromatic N) is 2. The number of rotatable bonds is 8. The van der Waals surface area contributed by atoms with Crippen LogP contribution in [0.15, 0.2) is 36.4 Å². The van der Waals surface area contributed by atoms with Gasteiger partial charge >= 0.3 is 0 Å². The van der Waals surface area contributed by atoms with Crippen molar-refractivity contribution in [3.05, 3.63) is 70.5 Å². The highest BCUT2D eigenvalue weighted by Crippen LogP contribution is 2.42. The summed E-state index contributed by atoms with van der Waals surface area (Å²) in [7, 11) is 0. The maximum atomic E-state index is 14.7. The summed E-state index contributed by atoms with van der Waals surface area (Å²) >= 11 is -1.49. The van der Waals surface area contributed by atoms with Crippen molar-refractivity contribution in [2.45, 2.75) is 95.1 Å². The quantitative estimate of drug-likeness (QED) is 0.266. The van der Waals surface area contributed by atoms with E-state index in [4.69, 9.17) is 0 Å². The summed E-state index contributed by atoms with van der Waals surface area (Å²) in [5, 5.41) is 0. The zero-order chi connectivity index (χ0) is 30.3. The lowest BCUT2D eigenvalue weighted by molar-refractivity contribution is -0.139. The summed E-state index contributed by atoms with van der Waals surface area (Å²) in [6.07, 6.45) is 3.19. The number of nitrogens with one attached hydrogen (secondary N) is 1. The molecule has 226 valence electrons. The molecule has 42 heavy (non-hydrogen) atoms. The summed E-state index contributed by atoms with van der Waals surface area (Å²) in [5.41, 5.74) is 1.19. The van der Waals surface area contributed by atoms with E-state index in [0.717, 1.165) is 18.9 Å². The number of carbonyl (C=O) groups excluding carboxylic acids is 3. The molecule has 3 aliphatic heterocycles. The highest BCUT2D eigenvalue weighted by atomic mass is 32.2. The van der Waals surface area contributed by atoms with E-state index in [0.29, 0.717) is 30.0 Å². The Labute approximate surface area is 247 Å². The van der Waals surface area contributed by atoms with Crippen LogP contribution in [0.25, 0.3) is 0 Å². The topological polar surface area (TPSA) is 92.8 Å². The minimum Gasteiger partial charge on any atom is -0.598 e. The van der Waals surface area contributed by atoms with Gasteiger partial charge in [-0.1, -0.05) is 12.1 Å². The van der Waals surface area contributed by atoms with Crippen LogP contribution in [0.1, 0.15) is 80.8 Å². The van der Waals surface area contributed by atoms with Crippen molar-refractivity contribution in [3.63, 3.8) is 0 Å². The molecule has 3 heterocycles. The largest absolute Gasteiger partial charge is 0.598 e. The molecule has 0 saturated carbocycles. The Morgan fingerprint density at radius 1 is 1.00 bits per heavy atom. The van der Waals surface area contributed by atoms with E-state index in [-0.39, 0.29) is 67.1 Å². The fourth-order valence-corrected chi connectivity index (χ4v) is 7.29. The van der Waals surface area contributed by atoms with Crippen molar-refractivity contribution in [1.29, 1.82) is 0 Å². The average Bonchev–Trinajstić information content (AvgIpc) is 3.39. The average molecular weight is 604 g/mol. The second kappa shape index (κ2) is 12.0. The van der Waals surface area contributed by atoms with E-state index in [1.54, 1.807) is 24.3 Å². The lowest BCUT2D eigenvalue weighted by atomic mass is 9.82. The molecule has 1 unspecified atom stereocenters. The first-order valence-electron chi connectivity index (χ1n) is 14.4. The van der Waals surface area contributed by atoms with E-state index in [2.05, 4.69) is 4.72 Å². The van der Waals surface area contributed by atoms with Crippen LogP contribution in [0, 0.1) is 23.4 Å². The molecule has 2 bridgehead atoms. The molecule has 0 aromatic heterocycles. The van der Waals surface area contributed by atoms with E-state index in [1.807, 2.05) is 25.7 Å². The van der Waals surface area contributed by atoms with Gasteiger partial charge in [-0.25, -0.2) is 13.2 Å². The van der Waals surface area contributed by atoms with Gasteiger partial charge in [0.05, 0.1) is 12.6 Å². The van der Waals surface area contributed by atoms with Crippen molar-refractivity contribution in [1.82, 2.24) is 14.5 Å². The minimum absolute atomic E-state index is 0.00921. The van der Waals surface area contributed by atoms with Gasteiger partial charge in [0.25, 0.3) is 5.91 Å². The Morgan fingerprint density at radius 3 is 2.24 bits per heavy atom. The van der Waals surface area contributed by atoms with E-state index in [9.17, 15) is 32.1 Å². The first kappa shape index (κ1) is 30.6. The second-order valence-corrected chi connectivity index (χ2v) is 14.6. The SMILES string of the molecule is CC(C)(C)[S+]([O-])N[C@H](Cc1cc(F)c(F)cc1F)[C@@H]1C[C@H]2CC[C@@H](C1)N2C(=O)c1cccc(CN2C(=O)CCC2=O)c1. The minimum atomic E-state index is -1.49. The smallest absolute Gasteiger partial charge is 0.254 e. The molecule has 11 heteroatoms. The van der Waals surface area contributed by atoms with E-state index < -0.39 is 39.6 Å². The molecule has 5 atom stereocenters. The summed E-state index contributed by atoms with van der Waals surface area (Å²) in [5.74, 6) is -3.88. The fourth-order valence-electron chi connectivity index (χ4n) is 6.39. The van der Waals surface area contributed by atoms with Gasteiger partial charge in [-0.3, -0.25) is 19.3 Å². The molecule has 2 aromatic rings. The summed E-state index contributed by atoms with van der Waals surface area (Å²) < 4.78 is 57.9. The summed E-state index contributed by atoms with van der Waals surface area (Å²) in [6.45, 7) is 5.59. The van der Waals surface area contributed by atoms with Crippen molar-refractivity contribution in [2.75, 3.05) is 0 Å². The first-order valence-corrected chi connectivity index (χ1v) is 15.5. The number of benzene rings is 2. The monoisotopic (exact) mass is 603 g/mol. The summed E-state index contributed by atoms with van der Waals surface area (Å²) in [4.78, 5) is 41.0. The van der Waals surface area contributed by atoms with Gasteiger partial charge in [0.15, 0.2) is 11.6 Å². The normalized spacial score (nSPS) is 23.9. The standard InChI is InChI=1S/C31H36F3N3O4S/c1-31(2,3)42(41)35-27(15-20-14-25(33)26(34)16-24(20)32)21-12-22-7-8-23(13-21)37(22)30(40)19-6-4-5-18(11-19)17-36-28(38)9-10-29(36)39/h4-6,11,14,16,21-23,27,35H,7-10,12-13,15,17H2,1-3H3/t21-,22-,23+,27-,42?/m1/s1. The Morgan fingerprint density at radius 2 is 1.62 bits per heavy atom. The molecule has 7 nitrogen and oxygen atoms in total. The van der Waals surface area contributed by atoms with Crippen LogP contribution in [-0.2, 0) is 33.9 Å². The lowest BCUT2D eigenvalue weighted by Crippen LogP contribution is -2.54. The Hall–Kier alpha value is -2.89. The predicted octanol–water partition coefficient (Wildman–Crippen LogP) is 4.80. The van der Waals surface area contributed by atoms with Gasteiger partial charge in [-0.2, -0.15) is 0 Å². The molecule has 3 amide bonds. The molecular formula is C31H36F3N3O4S. The molecular weight excluding hydrogens is 567 g/mol. The van der Waals surface area contributed by atoms with Gasteiger partial charge < -0.3 is 9.45 Å². The van der Waals surface area contributed by atoms with Crippen molar-refractivity contribution in [3.8, 4) is 0 Å². The Kier molecular flexibility index (Phi) is 8.74. The maximum Gasteiger partial charge on any atom is 0.254 e. The predicted molar refractivity (Wildman–Crippen MR) is 152 cm³/mol. The number of carbonyl (C=O) groups is 3. The maximum absolute atomic E-state index is 14.7. The zero-order valence-electron chi connectivity index (χ0n) is 24.0. The van der Waals surface area contributed by atoms with Gasteiger partial charge in [0, 0.05) is 47.9 Å². The first-order chi connectivity index (χ1) is 19.8. The molecule has 2 aromatic carbocycles. The number of likely N-dealkylation sites (tertiary alicyclic amines) is 1. The number of fused-ring (bicyclic) bond motifs is 2. The molecule has 3 saturated heterocycles. The van der Waals surface area contributed by atoms with Gasteiger partial charge in [-0.15, -0.1) is 4.72 Å². The van der Waals surface area contributed by atoms with Crippen molar-refractivity contribution >= 4 is 29.1 Å². The molecule has 3 fully saturated rings. The highest BCUT2D eigenvalue weighted by molar-refractivity contribution is 7.90. The van der Waals surface area contributed by atoms with Crippen LogP contribution < -0.4 is 4.72 Å². The van der Waals surface area contributed by atoms with Gasteiger partial charge in [-0.05, 0) is 88.1 Å².